The van der Waals surface area contributed by atoms with Crippen molar-refractivity contribution in [2.24, 2.45) is 0 Å². The first-order valence-corrected chi connectivity index (χ1v) is 13.7. The summed E-state index contributed by atoms with van der Waals surface area (Å²) >= 11 is 2.94. The molecule has 0 amide bonds. The minimum atomic E-state index is -0.223. The van der Waals surface area contributed by atoms with Gasteiger partial charge in [-0.05, 0) is 76.1 Å². The molecule has 200 valence electrons. The van der Waals surface area contributed by atoms with Crippen molar-refractivity contribution in [3.05, 3.63) is 82.6 Å². The number of aromatic nitrogens is 1. The molecule has 0 N–H and O–H groups in total. The van der Waals surface area contributed by atoms with Crippen LogP contribution in [0.2, 0.25) is 0 Å². The number of allylic oxidation sites excluding steroid dienone is 5. The van der Waals surface area contributed by atoms with Crippen molar-refractivity contribution in [1.82, 2.24) is 4.98 Å². The van der Waals surface area contributed by atoms with Gasteiger partial charge in [0.2, 0.25) is 0 Å². The maximum atomic E-state index is 11.3. The van der Waals surface area contributed by atoms with Gasteiger partial charge in [0.15, 0.2) is 17.8 Å². The lowest BCUT2D eigenvalue weighted by Crippen LogP contribution is -2.07. The number of esters is 1. The molecular formula is C30H44BrNO4. The predicted molar refractivity (Wildman–Crippen MR) is 154 cm³/mol. The van der Waals surface area contributed by atoms with Gasteiger partial charge in [-0.3, -0.25) is 4.79 Å². The van der Waals surface area contributed by atoms with Crippen LogP contribution in [0.4, 0.5) is 0 Å². The van der Waals surface area contributed by atoms with Crippen LogP contribution >= 0.6 is 15.9 Å². The lowest BCUT2D eigenvalue weighted by molar-refractivity contribution is -0.140. The van der Waals surface area contributed by atoms with Gasteiger partial charge in [0.1, 0.15) is 5.75 Å². The topological polar surface area (TPSA) is 61.6 Å². The molecule has 0 saturated heterocycles. The predicted octanol–water partition coefficient (Wildman–Crippen LogP) is 8.76. The summed E-state index contributed by atoms with van der Waals surface area (Å²) < 4.78 is 16.5. The van der Waals surface area contributed by atoms with Crippen LogP contribution in [0.3, 0.4) is 0 Å². The monoisotopic (exact) mass is 561 g/mol. The van der Waals surface area contributed by atoms with E-state index in [4.69, 9.17) is 9.15 Å². The molecule has 1 aromatic heterocycles. The average Bonchev–Trinajstić information content (AvgIpc) is 3.25. The number of benzene rings is 1. The molecule has 1 heterocycles. The zero-order valence-electron chi connectivity index (χ0n) is 23.7. The molecule has 36 heavy (non-hydrogen) atoms. The largest absolute Gasteiger partial charge is 0.483 e. The molecule has 6 heteroatoms. The number of halogens is 1. The first-order valence-electron chi connectivity index (χ1n) is 12.1. The van der Waals surface area contributed by atoms with Crippen LogP contribution in [-0.2, 0) is 16.0 Å². The first-order chi connectivity index (χ1) is 17.0. The van der Waals surface area contributed by atoms with Crippen LogP contribution in [0.5, 0.6) is 5.75 Å². The Balaban J connectivity index is 0.000000941. The van der Waals surface area contributed by atoms with Gasteiger partial charge in [0.05, 0.1) is 12.8 Å². The molecule has 0 aliphatic rings. The van der Waals surface area contributed by atoms with Crippen LogP contribution < -0.4 is 4.74 Å². The first kappa shape index (κ1) is 33.4. The van der Waals surface area contributed by atoms with E-state index in [9.17, 15) is 4.79 Å². The molecular weight excluding hydrogens is 518 g/mol. The molecule has 1 atom stereocenters. The maximum Gasteiger partial charge on any atom is 0.305 e. The third kappa shape index (κ3) is 12.4. The van der Waals surface area contributed by atoms with Crippen molar-refractivity contribution >= 4 is 21.9 Å². The molecule has 1 unspecified atom stereocenters. The molecule has 0 radical (unpaired) electrons. The molecule has 5 nitrogen and oxygen atoms in total. The number of alkyl halides is 1. The van der Waals surface area contributed by atoms with Crippen molar-refractivity contribution in [2.45, 2.75) is 80.3 Å². The number of hydrogen-bond donors (Lipinski definition) is 0. The van der Waals surface area contributed by atoms with Crippen LogP contribution in [0, 0.1) is 13.8 Å². The van der Waals surface area contributed by atoms with E-state index in [1.54, 1.807) is 0 Å². The van der Waals surface area contributed by atoms with Gasteiger partial charge >= 0.3 is 5.97 Å². The summed E-state index contributed by atoms with van der Waals surface area (Å²) in [5.41, 5.74) is 5.51. The van der Waals surface area contributed by atoms with Crippen LogP contribution in [-0.4, -0.2) is 23.9 Å². The van der Waals surface area contributed by atoms with E-state index in [0.29, 0.717) is 18.7 Å². The van der Waals surface area contributed by atoms with Gasteiger partial charge in [-0.25, -0.2) is 4.98 Å². The third-order valence-electron chi connectivity index (χ3n) is 5.24. The van der Waals surface area contributed by atoms with Crippen LogP contribution in [0.15, 0.2) is 58.6 Å². The molecule has 0 aliphatic carbocycles. The number of ether oxygens (including phenoxy) is 2. The summed E-state index contributed by atoms with van der Waals surface area (Å²) in [4.78, 5) is 15.8. The van der Waals surface area contributed by atoms with Crippen LogP contribution in [0.1, 0.15) is 88.5 Å². The van der Waals surface area contributed by atoms with Crippen LogP contribution in [0.25, 0.3) is 0 Å². The number of methoxy groups -OCH3 is 1. The Labute approximate surface area is 226 Å². The minimum absolute atomic E-state index is 0.199. The van der Waals surface area contributed by atoms with Gasteiger partial charge in [0.25, 0.3) is 0 Å². The van der Waals surface area contributed by atoms with E-state index < -0.39 is 0 Å². The second-order valence-corrected chi connectivity index (χ2v) is 8.77. The van der Waals surface area contributed by atoms with Gasteiger partial charge in [-0.1, -0.05) is 71.8 Å². The van der Waals surface area contributed by atoms with E-state index in [1.165, 1.54) is 12.7 Å². The number of rotatable bonds is 9. The summed E-state index contributed by atoms with van der Waals surface area (Å²) in [5, 5.41) is 0. The fourth-order valence-corrected chi connectivity index (χ4v) is 3.15. The second-order valence-electron chi connectivity index (χ2n) is 8.77. The number of carbonyl (C=O) groups excluding carboxylic acids is 1. The quantitative estimate of drug-likeness (QED) is 0.174. The van der Waals surface area contributed by atoms with Crippen molar-refractivity contribution in [3.63, 3.8) is 0 Å². The van der Waals surface area contributed by atoms with E-state index in [1.807, 2.05) is 64.7 Å². The minimum Gasteiger partial charge on any atom is -0.483 e. The van der Waals surface area contributed by atoms with Gasteiger partial charge in [-0.15, -0.1) is 0 Å². The van der Waals surface area contributed by atoms with E-state index in [-0.39, 0.29) is 18.0 Å². The summed E-state index contributed by atoms with van der Waals surface area (Å²) in [7, 11) is 1.41. The zero-order chi connectivity index (χ0) is 27.8. The summed E-state index contributed by atoms with van der Waals surface area (Å²) in [6, 6.07) is 5.91. The Kier molecular flexibility index (Phi) is 16.5. The van der Waals surface area contributed by atoms with Crippen molar-refractivity contribution in [2.75, 3.05) is 12.9 Å². The number of carbonyl (C=O) groups is 1. The Morgan fingerprint density at radius 2 is 1.81 bits per heavy atom. The molecule has 0 saturated carbocycles. The highest BCUT2D eigenvalue weighted by atomic mass is 79.9. The molecule has 2 aromatic rings. The summed E-state index contributed by atoms with van der Waals surface area (Å²) in [6.07, 6.45) is 6.95. The lowest BCUT2D eigenvalue weighted by Gasteiger charge is -2.16. The highest BCUT2D eigenvalue weighted by Crippen LogP contribution is 2.30. The van der Waals surface area contributed by atoms with E-state index >= 15 is 0 Å². The van der Waals surface area contributed by atoms with Gasteiger partial charge < -0.3 is 13.9 Å². The normalized spacial score (nSPS) is 11.8. The lowest BCUT2D eigenvalue weighted by atomic mass is 10.0. The van der Waals surface area contributed by atoms with E-state index in [0.717, 1.165) is 33.9 Å². The highest BCUT2D eigenvalue weighted by Gasteiger charge is 2.21. The number of aryl methyl sites for hydroxylation is 3. The number of oxazole rings is 1. The van der Waals surface area contributed by atoms with Crippen molar-refractivity contribution < 1.29 is 18.7 Å². The fourth-order valence-electron chi connectivity index (χ4n) is 3.15. The number of nitrogens with zero attached hydrogens (tertiary/aromatic N) is 1. The standard InChI is InChI=1S/C20H27NO4.C9H14.CH3Br/c1-12(2)19-20(25-15(5)21-19)14(4)24-17-9-7-16(13(3)11-17)8-10-18(22)23-6;1-5-9(4)7-6-8(2)3;1-2/h7,9,11-12,14H,8,10H2,1-6H3;5-7H,2H2,1,3-4H3;1H3/b;7-6-,9-5-;. The highest BCUT2D eigenvalue weighted by molar-refractivity contribution is 9.08. The van der Waals surface area contributed by atoms with E-state index in [2.05, 4.69) is 65.2 Å². The maximum absolute atomic E-state index is 11.3. The molecule has 0 bridgehead atoms. The molecule has 0 fully saturated rings. The third-order valence-corrected chi connectivity index (χ3v) is 5.24. The molecule has 2 rings (SSSR count). The summed E-state index contributed by atoms with van der Waals surface area (Å²) in [6.45, 7) is 19.8. The van der Waals surface area contributed by atoms with Gasteiger partial charge in [-0.2, -0.15) is 0 Å². The van der Waals surface area contributed by atoms with Crippen molar-refractivity contribution in [3.8, 4) is 5.75 Å². The molecule has 1 aromatic carbocycles. The Bertz CT molecular complexity index is 1020. The zero-order valence-corrected chi connectivity index (χ0v) is 25.3. The SMILES string of the molecule is C=C(C)/C=C\C(C)=C/C.CBr.COC(=O)CCc1ccc(OC(C)c2oc(C)nc2C(C)C)cc1C. The fraction of sp³-hybridized carbons (Fsp3) is 0.467. The van der Waals surface area contributed by atoms with Gasteiger partial charge in [0, 0.05) is 13.3 Å². The Hall–Kier alpha value is -2.60. The second kappa shape index (κ2) is 17.8. The Morgan fingerprint density at radius 1 is 1.17 bits per heavy atom. The van der Waals surface area contributed by atoms with Crippen molar-refractivity contribution in [1.29, 1.82) is 0 Å². The smallest absolute Gasteiger partial charge is 0.305 e. The summed E-state index contributed by atoms with van der Waals surface area (Å²) in [5.74, 6) is 4.10. The Morgan fingerprint density at radius 3 is 2.31 bits per heavy atom. The molecule has 0 spiro atoms. The average molecular weight is 563 g/mol. The molecule has 0 aliphatic heterocycles. The number of hydrogen-bond acceptors (Lipinski definition) is 5.